The summed E-state index contributed by atoms with van der Waals surface area (Å²) < 4.78 is 32.4. The van der Waals surface area contributed by atoms with Crippen LogP contribution in [0.5, 0.6) is 5.75 Å². The van der Waals surface area contributed by atoms with Crippen LogP contribution in [0.1, 0.15) is 12.8 Å². The quantitative estimate of drug-likeness (QED) is 0.896. The number of halogens is 1. The molecule has 1 fully saturated rings. The number of methoxy groups -OCH3 is 1. The Labute approximate surface area is 121 Å². The molecule has 1 saturated heterocycles. The molecule has 1 aliphatic rings. The lowest BCUT2D eigenvalue weighted by molar-refractivity contribution is 0.392. The molecule has 1 heterocycles. The molecule has 5 nitrogen and oxygen atoms in total. The van der Waals surface area contributed by atoms with E-state index in [9.17, 15) is 8.42 Å². The lowest BCUT2D eigenvalue weighted by Gasteiger charge is -2.23. The smallest absolute Gasteiger partial charge is 0.243 e. The molecule has 0 unspecified atom stereocenters. The van der Waals surface area contributed by atoms with Crippen LogP contribution in [0.25, 0.3) is 0 Å². The highest BCUT2D eigenvalue weighted by Crippen LogP contribution is 2.31. The lowest BCUT2D eigenvalue weighted by atomic mass is 10.2. The summed E-state index contributed by atoms with van der Waals surface area (Å²) in [4.78, 5) is 0.264. The van der Waals surface area contributed by atoms with E-state index < -0.39 is 10.0 Å². The molecule has 106 valence electrons. The molecule has 2 N–H and O–H groups in total. The first kappa shape index (κ1) is 14.8. The highest BCUT2D eigenvalue weighted by atomic mass is 79.9. The molecule has 0 radical (unpaired) electrons. The molecule has 1 aromatic carbocycles. The number of nitrogens with two attached hydrogens (primary N) is 1. The van der Waals surface area contributed by atoms with E-state index in [1.165, 1.54) is 4.31 Å². The van der Waals surface area contributed by atoms with Crippen molar-refractivity contribution in [1.82, 2.24) is 4.31 Å². The maximum atomic E-state index is 12.6. The van der Waals surface area contributed by atoms with Gasteiger partial charge in [-0.25, -0.2) is 8.42 Å². The van der Waals surface area contributed by atoms with Gasteiger partial charge in [0.2, 0.25) is 10.0 Å². The highest BCUT2D eigenvalue weighted by Gasteiger charge is 2.34. The van der Waals surface area contributed by atoms with Gasteiger partial charge in [-0.3, -0.25) is 0 Å². The third-order valence-electron chi connectivity index (χ3n) is 3.33. The summed E-state index contributed by atoms with van der Waals surface area (Å²) in [6.45, 7) is 0.893. The van der Waals surface area contributed by atoms with Crippen LogP contribution < -0.4 is 10.5 Å². The van der Waals surface area contributed by atoms with Crippen molar-refractivity contribution in [3.63, 3.8) is 0 Å². The molecular weight excluding hydrogens is 332 g/mol. The fraction of sp³-hybridized carbons (Fsp3) is 0.500. The minimum atomic E-state index is -3.48. The molecule has 1 atom stereocenters. The molecule has 2 rings (SSSR count). The van der Waals surface area contributed by atoms with Crippen LogP contribution >= 0.6 is 15.9 Å². The Bertz CT molecular complexity index is 562. The fourth-order valence-electron chi connectivity index (χ4n) is 2.30. The van der Waals surface area contributed by atoms with E-state index in [0.29, 0.717) is 23.3 Å². The maximum absolute atomic E-state index is 12.6. The number of nitrogens with zero attached hydrogens (tertiary/aromatic N) is 1. The van der Waals surface area contributed by atoms with Gasteiger partial charge in [0.1, 0.15) is 5.75 Å². The minimum Gasteiger partial charge on any atom is -0.496 e. The monoisotopic (exact) mass is 348 g/mol. The molecule has 1 aliphatic heterocycles. The Morgan fingerprint density at radius 1 is 1.53 bits per heavy atom. The molecule has 0 amide bonds. The van der Waals surface area contributed by atoms with Gasteiger partial charge in [-0.05, 0) is 47.0 Å². The number of rotatable bonds is 4. The van der Waals surface area contributed by atoms with E-state index in [2.05, 4.69) is 15.9 Å². The summed E-state index contributed by atoms with van der Waals surface area (Å²) in [5, 5.41) is 0. The van der Waals surface area contributed by atoms with Gasteiger partial charge in [0.15, 0.2) is 0 Å². The molecule has 0 saturated carbocycles. The van der Waals surface area contributed by atoms with Gasteiger partial charge >= 0.3 is 0 Å². The largest absolute Gasteiger partial charge is 0.496 e. The van der Waals surface area contributed by atoms with Gasteiger partial charge < -0.3 is 10.5 Å². The molecule has 1 aromatic rings. The molecule has 0 aliphatic carbocycles. The van der Waals surface area contributed by atoms with Gasteiger partial charge in [0.25, 0.3) is 0 Å². The average molecular weight is 349 g/mol. The summed E-state index contributed by atoms with van der Waals surface area (Å²) in [7, 11) is -1.94. The molecule has 0 aromatic heterocycles. The van der Waals surface area contributed by atoms with Gasteiger partial charge in [-0.15, -0.1) is 0 Å². The van der Waals surface area contributed by atoms with E-state index >= 15 is 0 Å². The Morgan fingerprint density at radius 3 is 2.84 bits per heavy atom. The van der Waals surface area contributed by atoms with Gasteiger partial charge in [-0.1, -0.05) is 0 Å². The van der Waals surface area contributed by atoms with E-state index in [1.54, 1.807) is 25.3 Å². The number of sulfonamides is 1. The van der Waals surface area contributed by atoms with Crippen LogP contribution in [-0.4, -0.2) is 39.0 Å². The third-order valence-corrected chi connectivity index (χ3v) is 5.89. The van der Waals surface area contributed by atoms with Crippen molar-refractivity contribution in [2.75, 3.05) is 20.2 Å². The molecule has 19 heavy (non-hydrogen) atoms. The van der Waals surface area contributed by atoms with Crippen LogP contribution in [0.4, 0.5) is 0 Å². The zero-order chi connectivity index (χ0) is 14.0. The Balaban J connectivity index is 2.37. The van der Waals surface area contributed by atoms with E-state index in [-0.39, 0.29) is 10.9 Å². The standard InChI is InChI=1S/C12H17BrN2O3S/c1-18-12-5-4-10(7-11(12)13)19(16,17)15-6-2-3-9(15)8-14/h4-5,7,9H,2-3,6,8,14H2,1H3/t9-/m0/s1. The zero-order valence-electron chi connectivity index (χ0n) is 10.7. The topological polar surface area (TPSA) is 72.6 Å². The predicted molar refractivity (Wildman–Crippen MR) is 76.7 cm³/mol. The zero-order valence-corrected chi connectivity index (χ0v) is 13.1. The van der Waals surface area contributed by atoms with Crippen molar-refractivity contribution in [3.8, 4) is 5.75 Å². The second-order valence-electron chi connectivity index (χ2n) is 4.44. The van der Waals surface area contributed by atoms with Crippen LogP contribution in [0.3, 0.4) is 0 Å². The maximum Gasteiger partial charge on any atom is 0.243 e. The van der Waals surface area contributed by atoms with E-state index in [1.807, 2.05) is 0 Å². The number of ether oxygens (including phenoxy) is 1. The van der Waals surface area contributed by atoms with Gasteiger partial charge in [0.05, 0.1) is 16.5 Å². The SMILES string of the molecule is COc1ccc(S(=O)(=O)N2CCC[C@H]2CN)cc1Br. The summed E-state index contributed by atoms with van der Waals surface area (Å²) in [5.41, 5.74) is 5.64. The summed E-state index contributed by atoms with van der Waals surface area (Å²) in [6.07, 6.45) is 1.69. The second-order valence-corrected chi connectivity index (χ2v) is 7.19. The van der Waals surface area contributed by atoms with Crippen LogP contribution in [0.15, 0.2) is 27.6 Å². The summed E-state index contributed by atoms with van der Waals surface area (Å²) >= 11 is 3.31. The number of benzene rings is 1. The average Bonchev–Trinajstić information content (AvgIpc) is 2.87. The van der Waals surface area contributed by atoms with Crippen LogP contribution in [0.2, 0.25) is 0 Å². The van der Waals surface area contributed by atoms with Crippen molar-refractivity contribution in [2.24, 2.45) is 5.73 Å². The summed E-state index contributed by atoms with van der Waals surface area (Å²) in [6, 6.07) is 4.68. The number of hydrogen-bond acceptors (Lipinski definition) is 4. The summed E-state index contributed by atoms with van der Waals surface area (Å²) in [5.74, 6) is 0.607. The van der Waals surface area contributed by atoms with Gasteiger partial charge in [-0.2, -0.15) is 4.31 Å². The second kappa shape index (κ2) is 5.78. The number of hydrogen-bond donors (Lipinski definition) is 1. The van der Waals surface area contributed by atoms with Crippen molar-refractivity contribution >= 4 is 26.0 Å². The highest BCUT2D eigenvalue weighted by molar-refractivity contribution is 9.10. The first-order valence-electron chi connectivity index (χ1n) is 6.06. The first-order chi connectivity index (χ1) is 9.00. The lowest BCUT2D eigenvalue weighted by Crippen LogP contribution is -2.39. The molecule has 0 bridgehead atoms. The predicted octanol–water partition coefficient (Wildman–Crippen LogP) is 1.57. The van der Waals surface area contributed by atoms with Crippen LogP contribution in [-0.2, 0) is 10.0 Å². The van der Waals surface area contributed by atoms with Crippen molar-refractivity contribution in [2.45, 2.75) is 23.8 Å². The van der Waals surface area contributed by atoms with Crippen molar-refractivity contribution in [1.29, 1.82) is 0 Å². The Hall–Kier alpha value is -0.630. The van der Waals surface area contributed by atoms with Gasteiger partial charge in [0, 0.05) is 19.1 Å². The Kier molecular flexibility index (Phi) is 4.50. The third kappa shape index (κ3) is 2.79. The first-order valence-corrected chi connectivity index (χ1v) is 8.29. The normalized spacial score (nSPS) is 20.7. The van der Waals surface area contributed by atoms with Crippen molar-refractivity contribution < 1.29 is 13.2 Å². The molecule has 7 heteroatoms. The minimum absolute atomic E-state index is 0.0918. The fourth-order valence-corrected chi connectivity index (χ4v) is 4.73. The van der Waals surface area contributed by atoms with E-state index in [0.717, 1.165) is 12.8 Å². The molecular formula is C12H17BrN2O3S. The van der Waals surface area contributed by atoms with E-state index in [4.69, 9.17) is 10.5 Å². The van der Waals surface area contributed by atoms with Crippen LogP contribution in [0, 0.1) is 0 Å². The Morgan fingerprint density at radius 2 is 2.26 bits per heavy atom. The molecule has 0 spiro atoms. The van der Waals surface area contributed by atoms with Crippen molar-refractivity contribution in [3.05, 3.63) is 22.7 Å².